The lowest BCUT2D eigenvalue weighted by molar-refractivity contribution is -0.137. The van der Waals surface area contributed by atoms with Gasteiger partial charge in [-0.05, 0) is 62.3 Å². The molecule has 2 aromatic rings. The fourth-order valence-corrected chi connectivity index (χ4v) is 3.44. The maximum atomic E-state index is 13.8. The van der Waals surface area contributed by atoms with Gasteiger partial charge in [0.05, 0.1) is 11.1 Å². The first-order chi connectivity index (χ1) is 14.2. The van der Waals surface area contributed by atoms with Crippen LogP contribution in [0.2, 0.25) is 0 Å². The van der Waals surface area contributed by atoms with Crippen LogP contribution in [0.5, 0.6) is 0 Å². The zero-order valence-electron chi connectivity index (χ0n) is 16.2. The second-order valence-corrected chi connectivity index (χ2v) is 6.88. The van der Waals surface area contributed by atoms with Gasteiger partial charge in [0, 0.05) is 17.4 Å². The van der Waals surface area contributed by atoms with E-state index in [1.807, 2.05) is 0 Å². The van der Waals surface area contributed by atoms with Crippen molar-refractivity contribution in [1.29, 1.82) is 0 Å². The highest BCUT2D eigenvalue weighted by Gasteiger charge is 2.35. The average molecular weight is 461 g/mol. The number of nitrogens with two attached hydrogens (primary N) is 1. The number of urea groups is 1. The Labute approximate surface area is 182 Å². The second kappa shape index (κ2) is 9.97. The number of hydrogen-bond donors (Lipinski definition) is 3. The summed E-state index contributed by atoms with van der Waals surface area (Å²) in [7, 11) is 0. The first-order valence-corrected chi connectivity index (χ1v) is 9.24. The summed E-state index contributed by atoms with van der Waals surface area (Å²) in [6.07, 6.45) is -3.54. The van der Waals surface area contributed by atoms with Crippen molar-refractivity contribution in [3.63, 3.8) is 0 Å². The van der Waals surface area contributed by atoms with E-state index >= 15 is 0 Å². The lowest BCUT2D eigenvalue weighted by Gasteiger charge is -2.34. The van der Waals surface area contributed by atoms with Gasteiger partial charge in [-0.25, -0.2) is 9.18 Å². The molecule has 0 aliphatic carbocycles. The minimum Gasteiger partial charge on any atom is -0.366 e. The summed E-state index contributed by atoms with van der Waals surface area (Å²) in [5, 5.41) is 5.67. The Morgan fingerprint density at radius 2 is 1.77 bits per heavy atom. The number of amides is 3. The van der Waals surface area contributed by atoms with Crippen LogP contribution >= 0.6 is 12.4 Å². The fourth-order valence-electron chi connectivity index (χ4n) is 3.44. The van der Waals surface area contributed by atoms with Crippen molar-refractivity contribution in [2.75, 3.05) is 23.3 Å². The van der Waals surface area contributed by atoms with Crippen molar-refractivity contribution in [3.05, 3.63) is 59.4 Å². The van der Waals surface area contributed by atoms with Crippen molar-refractivity contribution in [3.8, 4) is 0 Å². The Kier molecular flexibility index (Phi) is 7.85. The maximum absolute atomic E-state index is 13.8. The van der Waals surface area contributed by atoms with Gasteiger partial charge in [-0.2, -0.15) is 13.2 Å². The molecule has 1 aliphatic heterocycles. The lowest BCUT2D eigenvalue weighted by Crippen LogP contribution is -2.48. The molecule has 1 heterocycles. The first kappa shape index (κ1) is 24.4. The predicted octanol–water partition coefficient (Wildman–Crippen LogP) is 4.16. The Morgan fingerprint density at radius 3 is 2.35 bits per heavy atom. The topological polar surface area (TPSA) is 87.5 Å². The summed E-state index contributed by atoms with van der Waals surface area (Å²) in [4.78, 5) is 25.9. The smallest absolute Gasteiger partial charge is 0.366 e. The highest BCUT2D eigenvalue weighted by molar-refractivity contribution is 6.03. The number of anilines is 2. The highest BCUT2D eigenvalue weighted by atomic mass is 35.5. The molecule has 3 rings (SSSR count). The molecule has 0 saturated carbocycles. The molecule has 0 spiro atoms. The van der Waals surface area contributed by atoms with Gasteiger partial charge in [0.15, 0.2) is 0 Å². The predicted molar refractivity (Wildman–Crippen MR) is 111 cm³/mol. The summed E-state index contributed by atoms with van der Waals surface area (Å²) >= 11 is 0. The molecule has 0 atom stereocenters. The Bertz CT molecular complexity index is 949. The number of hydrogen-bond acceptors (Lipinski definition) is 3. The van der Waals surface area contributed by atoms with Crippen LogP contribution in [0, 0.1) is 5.82 Å². The normalized spacial score (nSPS) is 14.5. The van der Waals surface area contributed by atoms with Gasteiger partial charge >= 0.3 is 12.2 Å². The Hall–Kier alpha value is -2.85. The number of carbonyl (C=O) groups is 2. The van der Waals surface area contributed by atoms with Gasteiger partial charge in [0.1, 0.15) is 5.82 Å². The van der Waals surface area contributed by atoms with Crippen LogP contribution < -0.4 is 21.3 Å². The number of halogens is 5. The molecule has 3 amide bonds. The molecule has 6 nitrogen and oxygen atoms in total. The quantitative estimate of drug-likeness (QED) is 0.599. The van der Waals surface area contributed by atoms with Gasteiger partial charge in [-0.15, -0.1) is 12.4 Å². The minimum absolute atomic E-state index is 0. The van der Waals surface area contributed by atoms with E-state index in [1.54, 1.807) is 6.07 Å². The molecule has 168 valence electrons. The van der Waals surface area contributed by atoms with Crippen LogP contribution in [0.1, 0.15) is 28.8 Å². The van der Waals surface area contributed by atoms with E-state index in [-0.39, 0.29) is 24.1 Å². The molecule has 0 unspecified atom stereocenters. The molecule has 1 saturated heterocycles. The maximum Gasteiger partial charge on any atom is 0.417 e. The van der Waals surface area contributed by atoms with Crippen molar-refractivity contribution >= 4 is 35.7 Å². The molecule has 0 bridgehead atoms. The third kappa shape index (κ3) is 5.86. The van der Waals surface area contributed by atoms with E-state index < -0.39 is 35.1 Å². The monoisotopic (exact) mass is 460 g/mol. The minimum atomic E-state index is -4.77. The van der Waals surface area contributed by atoms with E-state index in [9.17, 15) is 27.2 Å². The zero-order valence-corrected chi connectivity index (χ0v) is 17.0. The van der Waals surface area contributed by atoms with Crippen LogP contribution in [0.4, 0.5) is 33.7 Å². The number of primary amides is 1. The Morgan fingerprint density at radius 1 is 1.10 bits per heavy atom. The van der Waals surface area contributed by atoms with E-state index in [4.69, 9.17) is 5.73 Å². The number of alkyl halides is 3. The molecule has 4 N–H and O–H groups in total. The molecule has 1 fully saturated rings. The van der Waals surface area contributed by atoms with Gasteiger partial charge in [-0.3, -0.25) is 9.69 Å². The number of piperidine rings is 1. The third-order valence-electron chi connectivity index (χ3n) is 4.82. The van der Waals surface area contributed by atoms with Gasteiger partial charge in [0.25, 0.3) is 0 Å². The number of rotatable bonds is 4. The SMILES string of the molecule is Cl.NC(=O)c1cc(NC(=O)N(c2cccc(F)c2)C2CCNCC2)ccc1C(F)(F)F. The highest BCUT2D eigenvalue weighted by Crippen LogP contribution is 2.33. The molecule has 31 heavy (non-hydrogen) atoms. The number of nitrogens with one attached hydrogen (secondary N) is 2. The van der Waals surface area contributed by atoms with Crippen LogP contribution in [-0.4, -0.2) is 31.1 Å². The van der Waals surface area contributed by atoms with Crippen molar-refractivity contribution in [1.82, 2.24) is 5.32 Å². The van der Waals surface area contributed by atoms with Gasteiger partial charge in [0.2, 0.25) is 5.91 Å². The van der Waals surface area contributed by atoms with E-state index in [1.165, 1.54) is 23.1 Å². The van der Waals surface area contributed by atoms with Crippen LogP contribution in [0.15, 0.2) is 42.5 Å². The summed E-state index contributed by atoms with van der Waals surface area (Å²) in [6, 6.07) is 7.23. The number of carbonyl (C=O) groups excluding carboxylic acids is 2. The van der Waals surface area contributed by atoms with Crippen molar-refractivity contribution in [2.45, 2.75) is 25.1 Å². The van der Waals surface area contributed by atoms with Gasteiger partial charge in [-0.1, -0.05) is 6.07 Å². The molecular weight excluding hydrogens is 440 g/mol. The number of nitrogens with zero attached hydrogens (tertiary/aromatic N) is 1. The molecule has 11 heteroatoms. The van der Waals surface area contributed by atoms with Crippen LogP contribution in [0.25, 0.3) is 0 Å². The Balaban J connectivity index is 0.00000341. The van der Waals surface area contributed by atoms with Crippen LogP contribution in [-0.2, 0) is 6.18 Å². The van der Waals surface area contributed by atoms with E-state index in [0.717, 1.165) is 12.1 Å². The van der Waals surface area contributed by atoms with E-state index in [2.05, 4.69) is 10.6 Å². The molecule has 0 radical (unpaired) electrons. The fraction of sp³-hybridized carbons (Fsp3) is 0.300. The van der Waals surface area contributed by atoms with Crippen molar-refractivity contribution < 1.29 is 27.2 Å². The van der Waals surface area contributed by atoms with Crippen molar-refractivity contribution in [2.24, 2.45) is 5.73 Å². The first-order valence-electron chi connectivity index (χ1n) is 9.24. The van der Waals surface area contributed by atoms with E-state index in [0.29, 0.717) is 37.7 Å². The van der Waals surface area contributed by atoms with Gasteiger partial charge < -0.3 is 16.4 Å². The summed E-state index contributed by atoms with van der Waals surface area (Å²) in [5.74, 6) is -1.79. The lowest BCUT2D eigenvalue weighted by atomic mass is 10.0. The average Bonchev–Trinajstić information content (AvgIpc) is 2.68. The molecular formula is C20H21ClF4N4O2. The summed E-state index contributed by atoms with van der Waals surface area (Å²) in [6.45, 7) is 1.33. The zero-order chi connectivity index (χ0) is 21.9. The largest absolute Gasteiger partial charge is 0.417 e. The standard InChI is InChI=1S/C20H20F4N4O2.ClH/c21-12-2-1-3-15(10-12)28(14-6-8-26-9-7-14)19(30)27-13-4-5-17(20(22,23)24)16(11-13)18(25)29;/h1-5,10-11,14,26H,6-9H2,(H2,25,29)(H,27,30);1H. The summed E-state index contributed by atoms with van der Waals surface area (Å²) < 4.78 is 53.0. The van der Waals surface area contributed by atoms with Crippen LogP contribution in [0.3, 0.4) is 0 Å². The summed E-state index contributed by atoms with van der Waals surface area (Å²) in [5.41, 5.74) is 3.44. The molecule has 1 aliphatic rings. The second-order valence-electron chi connectivity index (χ2n) is 6.88. The molecule has 2 aromatic carbocycles. The third-order valence-corrected chi connectivity index (χ3v) is 4.82. The number of benzene rings is 2. The molecule has 0 aromatic heterocycles.